The van der Waals surface area contributed by atoms with Gasteiger partial charge in [-0.05, 0) is 37.1 Å². The number of sulfonamides is 1. The molecule has 148 valence electrons. The number of halogens is 1. The molecule has 1 aliphatic rings. The fourth-order valence-corrected chi connectivity index (χ4v) is 3.26. The van der Waals surface area contributed by atoms with Crippen molar-refractivity contribution in [2.45, 2.75) is 25.9 Å². The molecule has 2 rings (SSSR count). The van der Waals surface area contributed by atoms with Crippen LogP contribution in [0.2, 0.25) is 0 Å². The lowest BCUT2D eigenvalue weighted by atomic mass is 10.1. The standard InChI is InChI=1S/C17H29N5O2S.HI/c1-18-17(19-9-10-21-25(2,23)24)20-13-15-5-7-16(8-6-15)14-22-11-3-4-12-22;/h5-8,21H,3-4,9-14H2,1-2H3,(H2,18,19,20);1H. The molecule has 1 aromatic carbocycles. The van der Waals surface area contributed by atoms with Crippen LogP contribution in [0, 0.1) is 0 Å². The highest BCUT2D eigenvalue weighted by atomic mass is 127. The Hall–Kier alpha value is -0.910. The van der Waals surface area contributed by atoms with Gasteiger partial charge in [-0.2, -0.15) is 0 Å². The van der Waals surface area contributed by atoms with E-state index in [0.29, 0.717) is 25.6 Å². The molecule has 0 saturated carbocycles. The van der Waals surface area contributed by atoms with E-state index >= 15 is 0 Å². The Morgan fingerprint density at radius 1 is 1.08 bits per heavy atom. The second kappa shape index (κ2) is 11.7. The van der Waals surface area contributed by atoms with Crippen molar-refractivity contribution >= 4 is 40.0 Å². The van der Waals surface area contributed by atoms with Crippen molar-refractivity contribution in [1.82, 2.24) is 20.3 Å². The van der Waals surface area contributed by atoms with Crippen molar-refractivity contribution in [1.29, 1.82) is 0 Å². The smallest absolute Gasteiger partial charge is 0.208 e. The molecule has 9 heteroatoms. The van der Waals surface area contributed by atoms with Crippen LogP contribution in [0.25, 0.3) is 0 Å². The van der Waals surface area contributed by atoms with E-state index in [4.69, 9.17) is 0 Å². The van der Waals surface area contributed by atoms with Crippen LogP contribution < -0.4 is 15.4 Å². The minimum absolute atomic E-state index is 0. The average molecular weight is 495 g/mol. The molecule has 0 aliphatic carbocycles. The van der Waals surface area contributed by atoms with Crippen LogP contribution in [-0.4, -0.2) is 58.8 Å². The number of nitrogens with one attached hydrogen (secondary N) is 3. The van der Waals surface area contributed by atoms with Crippen LogP contribution in [0.5, 0.6) is 0 Å². The van der Waals surface area contributed by atoms with Gasteiger partial charge in [-0.1, -0.05) is 24.3 Å². The summed E-state index contributed by atoms with van der Waals surface area (Å²) in [5.74, 6) is 0.649. The van der Waals surface area contributed by atoms with E-state index in [-0.39, 0.29) is 24.0 Å². The molecule has 0 atom stereocenters. The molecule has 1 saturated heterocycles. The zero-order chi connectivity index (χ0) is 18.1. The monoisotopic (exact) mass is 495 g/mol. The molecule has 3 N–H and O–H groups in total. The van der Waals surface area contributed by atoms with Gasteiger partial charge in [0.1, 0.15) is 0 Å². The molecule has 1 aliphatic heterocycles. The summed E-state index contributed by atoms with van der Waals surface area (Å²) in [5.41, 5.74) is 2.53. The first-order valence-corrected chi connectivity index (χ1v) is 10.5. The van der Waals surface area contributed by atoms with Gasteiger partial charge in [-0.25, -0.2) is 13.1 Å². The zero-order valence-corrected chi connectivity index (χ0v) is 18.6. The second-order valence-corrected chi connectivity index (χ2v) is 8.15. The minimum Gasteiger partial charge on any atom is -0.355 e. The molecule has 0 aromatic heterocycles. The van der Waals surface area contributed by atoms with Crippen LogP contribution in [0.3, 0.4) is 0 Å². The molecular formula is C17H30IN5O2S. The van der Waals surface area contributed by atoms with Crippen molar-refractivity contribution in [2.75, 3.05) is 39.5 Å². The number of benzene rings is 1. The normalized spacial score (nSPS) is 15.5. The molecule has 0 amide bonds. The third kappa shape index (κ3) is 9.15. The van der Waals surface area contributed by atoms with Crippen LogP contribution in [-0.2, 0) is 23.1 Å². The Bertz CT molecular complexity index is 658. The lowest BCUT2D eigenvalue weighted by Gasteiger charge is -2.15. The maximum absolute atomic E-state index is 11.0. The van der Waals surface area contributed by atoms with Crippen LogP contribution in [0.15, 0.2) is 29.3 Å². The van der Waals surface area contributed by atoms with Gasteiger partial charge in [0.2, 0.25) is 10.0 Å². The van der Waals surface area contributed by atoms with Gasteiger partial charge in [0.15, 0.2) is 5.96 Å². The largest absolute Gasteiger partial charge is 0.355 e. The number of nitrogens with zero attached hydrogens (tertiary/aromatic N) is 2. The van der Waals surface area contributed by atoms with Crippen molar-refractivity contribution in [3.05, 3.63) is 35.4 Å². The number of guanidine groups is 1. The Balaban J connectivity index is 0.00000338. The van der Waals surface area contributed by atoms with Crippen molar-refractivity contribution in [2.24, 2.45) is 4.99 Å². The van der Waals surface area contributed by atoms with E-state index in [1.807, 2.05) is 0 Å². The lowest BCUT2D eigenvalue weighted by Crippen LogP contribution is -2.41. The summed E-state index contributed by atoms with van der Waals surface area (Å²) in [6.07, 6.45) is 3.77. The predicted octanol–water partition coefficient (Wildman–Crippen LogP) is 1.11. The summed E-state index contributed by atoms with van der Waals surface area (Å²) in [6, 6.07) is 8.64. The first kappa shape index (κ1) is 23.1. The number of rotatable bonds is 8. The van der Waals surface area contributed by atoms with E-state index in [9.17, 15) is 8.42 Å². The number of hydrogen-bond donors (Lipinski definition) is 3. The minimum atomic E-state index is -3.15. The predicted molar refractivity (Wildman–Crippen MR) is 117 cm³/mol. The fraction of sp³-hybridized carbons (Fsp3) is 0.588. The summed E-state index contributed by atoms with van der Waals surface area (Å²) in [5, 5.41) is 6.30. The van der Waals surface area contributed by atoms with Gasteiger partial charge in [0, 0.05) is 33.2 Å². The highest BCUT2D eigenvalue weighted by Gasteiger charge is 2.11. The van der Waals surface area contributed by atoms with E-state index in [1.54, 1.807) is 7.05 Å². The molecule has 1 heterocycles. The van der Waals surface area contributed by atoms with Crippen molar-refractivity contribution in [3.63, 3.8) is 0 Å². The van der Waals surface area contributed by atoms with Gasteiger partial charge in [0.25, 0.3) is 0 Å². The zero-order valence-electron chi connectivity index (χ0n) is 15.5. The third-order valence-corrected chi connectivity index (χ3v) is 4.82. The molecule has 1 aromatic rings. The van der Waals surface area contributed by atoms with Crippen LogP contribution >= 0.6 is 24.0 Å². The van der Waals surface area contributed by atoms with Crippen LogP contribution in [0.1, 0.15) is 24.0 Å². The Morgan fingerprint density at radius 3 is 2.27 bits per heavy atom. The summed E-state index contributed by atoms with van der Waals surface area (Å²) < 4.78 is 24.4. The lowest BCUT2D eigenvalue weighted by molar-refractivity contribution is 0.331. The van der Waals surface area contributed by atoms with Crippen LogP contribution in [0.4, 0.5) is 0 Å². The average Bonchev–Trinajstić information content (AvgIpc) is 3.07. The van der Waals surface area contributed by atoms with Gasteiger partial charge in [-0.3, -0.25) is 9.89 Å². The van der Waals surface area contributed by atoms with E-state index in [0.717, 1.165) is 12.8 Å². The Morgan fingerprint density at radius 2 is 1.69 bits per heavy atom. The Labute approximate surface area is 174 Å². The molecule has 0 spiro atoms. The molecule has 1 fully saturated rings. The molecular weight excluding hydrogens is 465 g/mol. The Kier molecular flexibility index (Phi) is 10.4. The number of likely N-dealkylation sites (tertiary alicyclic amines) is 1. The van der Waals surface area contributed by atoms with E-state index in [1.165, 1.54) is 37.1 Å². The SMILES string of the molecule is CN=C(NCCNS(C)(=O)=O)NCc1ccc(CN2CCCC2)cc1.I. The van der Waals surface area contributed by atoms with Gasteiger partial charge >= 0.3 is 0 Å². The maximum Gasteiger partial charge on any atom is 0.208 e. The topological polar surface area (TPSA) is 85.8 Å². The first-order chi connectivity index (χ1) is 12.0. The molecule has 0 radical (unpaired) electrons. The van der Waals surface area contributed by atoms with Gasteiger partial charge in [-0.15, -0.1) is 24.0 Å². The third-order valence-electron chi connectivity index (χ3n) is 4.09. The van der Waals surface area contributed by atoms with Gasteiger partial charge < -0.3 is 10.6 Å². The summed E-state index contributed by atoms with van der Waals surface area (Å²) >= 11 is 0. The number of hydrogen-bond acceptors (Lipinski definition) is 4. The first-order valence-electron chi connectivity index (χ1n) is 8.65. The molecule has 26 heavy (non-hydrogen) atoms. The summed E-state index contributed by atoms with van der Waals surface area (Å²) in [4.78, 5) is 6.62. The maximum atomic E-state index is 11.0. The highest BCUT2D eigenvalue weighted by molar-refractivity contribution is 14.0. The fourth-order valence-electron chi connectivity index (χ4n) is 2.79. The van der Waals surface area contributed by atoms with E-state index < -0.39 is 10.0 Å². The molecule has 0 bridgehead atoms. The second-order valence-electron chi connectivity index (χ2n) is 6.32. The molecule has 7 nitrogen and oxygen atoms in total. The highest BCUT2D eigenvalue weighted by Crippen LogP contribution is 2.13. The van der Waals surface area contributed by atoms with Crippen molar-refractivity contribution in [3.8, 4) is 0 Å². The van der Waals surface area contributed by atoms with Gasteiger partial charge in [0.05, 0.1) is 6.26 Å². The quantitative estimate of drug-likeness (QED) is 0.218. The van der Waals surface area contributed by atoms with Crippen molar-refractivity contribution < 1.29 is 8.42 Å². The summed E-state index contributed by atoms with van der Waals surface area (Å²) in [6.45, 7) is 4.92. The molecule has 0 unspecified atom stereocenters. The summed E-state index contributed by atoms with van der Waals surface area (Å²) in [7, 11) is -1.46. The number of aliphatic imine (C=N–C) groups is 1. The van der Waals surface area contributed by atoms with E-state index in [2.05, 4.69) is 49.5 Å².